The molecule has 1 aromatic rings. The lowest BCUT2D eigenvalue weighted by Gasteiger charge is -2.36. The fourth-order valence-electron chi connectivity index (χ4n) is 2.03. The molecule has 0 aliphatic carbocycles. The van der Waals surface area contributed by atoms with Gasteiger partial charge in [-0.3, -0.25) is 9.69 Å². The van der Waals surface area contributed by atoms with Gasteiger partial charge in [0.25, 0.3) is 0 Å². The van der Waals surface area contributed by atoms with Crippen LogP contribution in [0.15, 0.2) is 22.8 Å². The zero-order valence-electron chi connectivity index (χ0n) is 10.9. The highest BCUT2D eigenvalue weighted by Crippen LogP contribution is 2.10. The van der Waals surface area contributed by atoms with Crippen LogP contribution in [0.2, 0.25) is 0 Å². The van der Waals surface area contributed by atoms with Crippen LogP contribution in [0.5, 0.6) is 0 Å². The van der Waals surface area contributed by atoms with Crippen LogP contribution < -0.4 is 5.32 Å². The fraction of sp³-hybridized carbons (Fsp3) is 0.615. The van der Waals surface area contributed by atoms with E-state index in [1.165, 1.54) is 0 Å². The molecule has 2 atom stereocenters. The minimum Gasteiger partial charge on any atom is -0.467 e. The molecular formula is C13H20N2O3. The lowest BCUT2D eigenvalue weighted by Crippen LogP contribution is -2.50. The van der Waals surface area contributed by atoms with E-state index in [1.807, 2.05) is 19.1 Å². The second-order valence-corrected chi connectivity index (χ2v) is 4.78. The molecule has 0 radical (unpaired) electrons. The van der Waals surface area contributed by atoms with E-state index in [2.05, 4.69) is 17.1 Å². The zero-order chi connectivity index (χ0) is 13.0. The Morgan fingerprint density at radius 2 is 2.39 bits per heavy atom. The van der Waals surface area contributed by atoms with Gasteiger partial charge >= 0.3 is 0 Å². The number of hydrogen-bond acceptors (Lipinski definition) is 4. The number of rotatable bonds is 4. The highest BCUT2D eigenvalue weighted by atomic mass is 16.5. The van der Waals surface area contributed by atoms with Gasteiger partial charge in [-0.15, -0.1) is 0 Å². The van der Waals surface area contributed by atoms with Crippen molar-refractivity contribution in [3.05, 3.63) is 24.2 Å². The van der Waals surface area contributed by atoms with Crippen molar-refractivity contribution in [1.82, 2.24) is 10.2 Å². The van der Waals surface area contributed by atoms with Crippen molar-refractivity contribution in [2.75, 3.05) is 19.7 Å². The van der Waals surface area contributed by atoms with Crippen molar-refractivity contribution in [2.45, 2.75) is 32.5 Å². The molecule has 5 heteroatoms. The molecule has 1 aromatic heterocycles. The molecule has 5 nitrogen and oxygen atoms in total. The van der Waals surface area contributed by atoms with Gasteiger partial charge in [-0.25, -0.2) is 0 Å². The largest absolute Gasteiger partial charge is 0.467 e. The lowest BCUT2D eigenvalue weighted by atomic mass is 10.2. The summed E-state index contributed by atoms with van der Waals surface area (Å²) in [5.74, 6) is 0.791. The number of nitrogens with one attached hydrogen (secondary N) is 1. The number of furan rings is 1. The van der Waals surface area contributed by atoms with E-state index in [-0.39, 0.29) is 18.1 Å². The highest BCUT2D eigenvalue weighted by molar-refractivity contribution is 5.78. The van der Waals surface area contributed by atoms with Gasteiger partial charge < -0.3 is 14.5 Å². The average Bonchev–Trinajstić information content (AvgIpc) is 2.84. The van der Waals surface area contributed by atoms with Crippen molar-refractivity contribution in [3.63, 3.8) is 0 Å². The van der Waals surface area contributed by atoms with E-state index in [1.54, 1.807) is 6.26 Å². The molecule has 0 bridgehead atoms. The van der Waals surface area contributed by atoms with Gasteiger partial charge in [0.1, 0.15) is 5.76 Å². The third-order valence-electron chi connectivity index (χ3n) is 3.12. The molecular weight excluding hydrogens is 232 g/mol. The summed E-state index contributed by atoms with van der Waals surface area (Å²) in [5, 5.41) is 2.85. The van der Waals surface area contributed by atoms with Gasteiger partial charge in [-0.2, -0.15) is 0 Å². The molecule has 0 saturated carbocycles. The third-order valence-corrected chi connectivity index (χ3v) is 3.12. The molecule has 18 heavy (non-hydrogen) atoms. The number of ether oxygens (including phenoxy) is 1. The predicted octanol–water partition coefficient (Wildman–Crippen LogP) is 1.00. The van der Waals surface area contributed by atoms with E-state index < -0.39 is 0 Å². The van der Waals surface area contributed by atoms with Gasteiger partial charge in [0.05, 0.1) is 32.1 Å². The first kappa shape index (κ1) is 13.1. The van der Waals surface area contributed by atoms with E-state index >= 15 is 0 Å². The summed E-state index contributed by atoms with van der Waals surface area (Å²) in [6, 6.07) is 3.95. The van der Waals surface area contributed by atoms with E-state index in [0.29, 0.717) is 19.7 Å². The van der Waals surface area contributed by atoms with E-state index in [4.69, 9.17) is 9.15 Å². The Kier molecular flexibility index (Phi) is 4.38. The summed E-state index contributed by atoms with van der Waals surface area (Å²) in [6.07, 6.45) is 1.80. The summed E-state index contributed by atoms with van der Waals surface area (Å²) in [4.78, 5) is 14.0. The first-order chi connectivity index (χ1) is 8.65. The molecule has 1 aliphatic heterocycles. The molecule has 1 N–H and O–H groups in total. The van der Waals surface area contributed by atoms with Crippen LogP contribution >= 0.6 is 0 Å². The highest BCUT2D eigenvalue weighted by Gasteiger charge is 2.24. The second kappa shape index (κ2) is 6.02. The van der Waals surface area contributed by atoms with Gasteiger partial charge in [0.2, 0.25) is 5.91 Å². The SMILES string of the molecule is C[C@@H]1CN(CC(=O)NCc2ccco2)[C@H](C)CO1. The minimum atomic E-state index is 0.0207. The second-order valence-electron chi connectivity index (χ2n) is 4.78. The Balaban J connectivity index is 1.76. The van der Waals surface area contributed by atoms with Crippen LogP contribution in [-0.2, 0) is 16.1 Å². The van der Waals surface area contributed by atoms with Crippen molar-refractivity contribution >= 4 is 5.91 Å². The summed E-state index contributed by atoms with van der Waals surface area (Å²) in [7, 11) is 0. The summed E-state index contributed by atoms with van der Waals surface area (Å²) in [5.41, 5.74) is 0. The quantitative estimate of drug-likeness (QED) is 0.868. The molecule has 1 saturated heterocycles. The molecule has 2 rings (SSSR count). The molecule has 1 amide bonds. The van der Waals surface area contributed by atoms with Gasteiger partial charge in [0, 0.05) is 12.6 Å². The first-order valence-corrected chi connectivity index (χ1v) is 6.30. The molecule has 1 fully saturated rings. The Labute approximate surface area is 107 Å². The summed E-state index contributed by atoms with van der Waals surface area (Å²) >= 11 is 0. The number of carbonyl (C=O) groups is 1. The standard InChI is InChI=1S/C13H20N2O3/c1-10-9-18-11(2)7-15(10)8-13(16)14-6-12-4-3-5-17-12/h3-5,10-11H,6-9H2,1-2H3,(H,14,16)/t10-,11-/m1/s1. The molecule has 100 valence electrons. The fourth-order valence-corrected chi connectivity index (χ4v) is 2.03. The number of morpholine rings is 1. The predicted molar refractivity (Wildman–Crippen MR) is 67.0 cm³/mol. The van der Waals surface area contributed by atoms with Crippen molar-refractivity contribution < 1.29 is 13.9 Å². The number of amides is 1. The van der Waals surface area contributed by atoms with Crippen molar-refractivity contribution in [3.8, 4) is 0 Å². The smallest absolute Gasteiger partial charge is 0.234 e. The van der Waals surface area contributed by atoms with Gasteiger partial charge in [-0.1, -0.05) is 0 Å². The maximum absolute atomic E-state index is 11.8. The van der Waals surface area contributed by atoms with Gasteiger partial charge in [-0.05, 0) is 26.0 Å². The van der Waals surface area contributed by atoms with Crippen molar-refractivity contribution in [1.29, 1.82) is 0 Å². The number of hydrogen-bond donors (Lipinski definition) is 1. The molecule has 2 heterocycles. The Hall–Kier alpha value is -1.33. The van der Waals surface area contributed by atoms with Crippen LogP contribution in [-0.4, -0.2) is 42.6 Å². The number of carbonyl (C=O) groups excluding carboxylic acids is 1. The maximum Gasteiger partial charge on any atom is 0.234 e. The molecule has 1 aliphatic rings. The minimum absolute atomic E-state index is 0.0207. The van der Waals surface area contributed by atoms with Crippen LogP contribution in [0.4, 0.5) is 0 Å². The van der Waals surface area contributed by atoms with Crippen LogP contribution in [0, 0.1) is 0 Å². The Bertz CT molecular complexity index is 378. The van der Waals surface area contributed by atoms with Crippen LogP contribution in [0.25, 0.3) is 0 Å². The van der Waals surface area contributed by atoms with Crippen LogP contribution in [0.1, 0.15) is 19.6 Å². The Morgan fingerprint density at radius 1 is 1.56 bits per heavy atom. The van der Waals surface area contributed by atoms with E-state index in [0.717, 1.165) is 12.3 Å². The first-order valence-electron chi connectivity index (χ1n) is 6.30. The third kappa shape index (κ3) is 3.58. The van der Waals surface area contributed by atoms with Crippen LogP contribution in [0.3, 0.4) is 0 Å². The topological polar surface area (TPSA) is 54.7 Å². The normalized spacial score (nSPS) is 25.0. The molecule has 0 unspecified atom stereocenters. The Morgan fingerprint density at radius 3 is 3.11 bits per heavy atom. The van der Waals surface area contributed by atoms with Crippen molar-refractivity contribution in [2.24, 2.45) is 0 Å². The lowest BCUT2D eigenvalue weighted by molar-refractivity contribution is -0.126. The number of nitrogens with zero attached hydrogens (tertiary/aromatic N) is 1. The molecule has 0 aromatic carbocycles. The maximum atomic E-state index is 11.8. The summed E-state index contributed by atoms with van der Waals surface area (Å²) < 4.78 is 10.7. The summed E-state index contributed by atoms with van der Waals surface area (Å²) in [6.45, 7) is 6.45. The molecule has 0 spiro atoms. The van der Waals surface area contributed by atoms with E-state index in [9.17, 15) is 4.79 Å². The zero-order valence-corrected chi connectivity index (χ0v) is 10.9. The average molecular weight is 252 g/mol. The van der Waals surface area contributed by atoms with Gasteiger partial charge in [0.15, 0.2) is 0 Å². The monoisotopic (exact) mass is 252 g/mol.